The second-order valence-corrected chi connectivity index (χ2v) is 8.08. The summed E-state index contributed by atoms with van der Waals surface area (Å²) >= 11 is 0. The summed E-state index contributed by atoms with van der Waals surface area (Å²) in [7, 11) is 4.61. The summed E-state index contributed by atoms with van der Waals surface area (Å²) < 4.78 is 26.0. The Morgan fingerprint density at radius 3 is 2.69 bits per heavy atom. The molecule has 0 unspecified atom stereocenters. The monoisotopic (exact) mass is 479 g/mol. The molecule has 0 aliphatic carbocycles. The number of aromatic nitrogens is 3. The van der Waals surface area contributed by atoms with Gasteiger partial charge in [-0.1, -0.05) is 12.1 Å². The summed E-state index contributed by atoms with van der Waals surface area (Å²) in [6.07, 6.45) is 3.05. The number of amides is 1. The average molecular weight is 480 g/mol. The Morgan fingerprint density at radius 2 is 2.00 bits per heavy atom. The number of nitrogens with zero attached hydrogens (tertiary/aromatic N) is 6. The number of carbonyl (C=O) groups excluding carboxylic acids is 1. The Morgan fingerprint density at radius 1 is 1.23 bits per heavy atom. The number of rotatable bonds is 7. The van der Waals surface area contributed by atoms with Crippen LogP contribution in [0.1, 0.15) is 21.5 Å². The van der Waals surface area contributed by atoms with Crippen molar-refractivity contribution in [3.8, 4) is 17.7 Å². The maximum absolute atomic E-state index is 14.0. The average Bonchev–Trinajstić information content (AvgIpc) is 3.25. The van der Waals surface area contributed by atoms with E-state index in [4.69, 9.17) is 9.47 Å². The number of halogens is 1. The maximum atomic E-state index is 14.0. The number of para-hydroxylation sites is 1. The van der Waals surface area contributed by atoms with E-state index in [0.29, 0.717) is 49.8 Å². The highest BCUT2D eigenvalue weighted by Crippen LogP contribution is 2.28. The molecular formula is C24H26FN7O3. The number of hydrogen-bond acceptors (Lipinski definition) is 8. The Labute approximate surface area is 202 Å². The van der Waals surface area contributed by atoms with Gasteiger partial charge in [0.15, 0.2) is 17.4 Å². The van der Waals surface area contributed by atoms with Crippen LogP contribution >= 0.6 is 0 Å². The summed E-state index contributed by atoms with van der Waals surface area (Å²) in [6.45, 7) is 3.22. The van der Waals surface area contributed by atoms with Crippen molar-refractivity contribution in [1.82, 2.24) is 19.7 Å². The molecule has 1 N–H and O–H groups in total. The SMILES string of the molecule is COc1nn(C)cc1C(=O)Nc1cc(C#N)cnc1N1CCN(Cc2cccc(F)c2OC)CC1. The highest BCUT2D eigenvalue weighted by atomic mass is 19.1. The molecule has 0 atom stereocenters. The molecule has 11 heteroatoms. The highest BCUT2D eigenvalue weighted by Gasteiger charge is 2.24. The van der Waals surface area contributed by atoms with Gasteiger partial charge >= 0.3 is 0 Å². The fraction of sp³-hybridized carbons (Fsp3) is 0.333. The van der Waals surface area contributed by atoms with Crippen molar-refractivity contribution in [1.29, 1.82) is 5.26 Å². The number of ether oxygens (including phenoxy) is 2. The van der Waals surface area contributed by atoms with Gasteiger partial charge in [-0.15, -0.1) is 5.10 Å². The van der Waals surface area contributed by atoms with E-state index in [2.05, 4.69) is 31.3 Å². The van der Waals surface area contributed by atoms with Crippen LogP contribution < -0.4 is 19.7 Å². The van der Waals surface area contributed by atoms with Crippen molar-refractivity contribution in [3.63, 3.8) is 0 Å². The van der Waals surface area contributed by atoms with Crippen LogP contribution in [0, 0.1) is 17.1 Å². The van der Waals surface area contributed by atoms with Crippen molar-refractivity contribution < 1.29 is 18.7 Å². The van der Waals surface area contributed by atoms with Crippen LogP contribution in [0.5, 0.6) is 11.6 Å². The lowest BCUT2D eigenvalue weighted by molar-refractivity contribution is 0.102. The molecule has 10 nitrogen and oxygen atoms in total. The van der Waals surface area contributed by atoms with Gasteiger partial charge in [-0.3, -0.25) is 14.4 Å². The molecule has 3 heterocycles. The standard InChI is InChI=1S/C24H26FN7O3/c1-30-15-18(24(29-30)35-3)23(33)28-20-11-16(12-26)13-27-22(20)32-9-7-31(8-10-32)14-17-5-4-6-19(25)21(17)34-2/h4-6,11,13,15H,7-10,14H2,1-3H3,(H,28,33). The fourth-order valence-corrected chi connectivity index (χ4v) is 4.09. The van der Waals surface area contributed by atoms with Crippen LogP contribution in [-0.4, -0.2) is 66.0 Å². The predicted molar refractivity (Wildman–Crippen MR) is 127 cm³/mol. The maximum Gasteiger partial charge on any atom is 0.262 e. The van der Waals surface area contributed by atoms with E-state index < -0.39 is 5.91 Å². The Balaban J connectivity index is 1.49. The normalized spacial score (nSPS) is 13.9. The minimum atomic E-state index is -0.412. The molecule has 4 rings (SSSR count). The van der Waals surface area contributed by atoms with Crippen LogP contribution in [-0.2, 0) is 13.6 Å². The van der Waals surface area contributed by atoms with Gasteiger partial charge < -0.3 is 19.7 Å². The van der Waals surface area contributed by atoms with Crippen molar-refractivity contribution in [2.75, 3.05) is 50.6 Å². The Kier molecular flexibility index (Phi) is 7.12. The Hall–Kier alpha value is -4.17. The van der Waals surface area contributed by atoms with E-state index in [-0.39, 0.29) is 23.0 Å². The van der Waals surface area contributed by atoms with Crippen LogP contribution in [0.2, 0.25) is 0 Å². The molecule has 1 fully saturated rings. The minimum Gasteiger partial charge on any atom is -0.493 e. The summed E-state index contributed by atoms with van der Waals surface area (Å²) in [4.78, 5) is 21.7. The third-order valence-electron chi connectivity index (χ3n) is 5.80. The van der Waals surface area contributed by atoms with Crippen molar-refractivity contribution in [3.05, 3.63) is 59.2 Å². The number of pyridine rings is 1. The molecule has 2 aromatic heterocycles. The molecule has 0 saturated carbocycles. The van der Waals surface area contributed by atoms with E-state index in [1.165, 1.54) is 31.2 Å². The van der Waals surface area contributed by atoms with E-state index in [1.807, 2.05) is 6.07 Å². The zero-order valence-corrected chi connectivity index (χ0v) is 19.8. The number of nitrogens with one attached hydrogen (secondary N) is 1. The van der Waals surface area contributed by atoms with Crippen LogP contribution in [0.15, 0.2) is 36.7 Å². The molecule has 1 aliphatic heterocycles. The lowest BCUT2D eigenvalue weighted by atomic mass is 10.1. The Bertz CT molecular complexity index is 1260. The lowest BCUT2D eigenvalue weighted by Gasteiger charge is -2.36. The molecule has 182 valence electrons. The van der Waals surface area contributed by atoms with Crippen molar-refractivity contribution >= 4 is 17.4 Å². The third kappa shape index (κ3) is 5.17. The molecule has 0 radical (unpaired) electrons. The minimum absolute atomic E-state index is 0.206. The first-order valence-corrected chi connectivity index (χ1v) is 11.0. The second-order valence-electron chi connectivity index (χ2n) is 8.08. The van der Waals surface area contributed by atoms with Gasteiger partial charge in [0.2, 0.25) is 5.88 Å². The van der Waals surface area contributed by atoms with Gasteiger partial charge in [-0.05, 0) is 12.1 Å². The van der Waals surface area contributed by atoms with Crippen molar-refractivity contribution in [2.45, 2.75) is 6.54 Å². The number of piperazine rings is 1. The van der Waals surface area contributed by atoms with Gasteiger partial charge in [-0.25, -0.2) is 9.37 Å². The van der Waals surface area contributed by atoms with Gasteiger partial charge in [0.25, 0.3) is 5.91 Å². The third-order valence-corrected chi connectivity index (χ3v) is 5.80. The summed E-state index contributed by atoms with van der Waals surface area (Å²) in [6, 6.07) is 8.58. The zero-order chi connectivity index (χ0) is 24.9. The molecule has 1 aliphatic rings. The van der Waals surface area contributed by atoms with Gasteiger partial charge in [0.05, 0.1) is 25.5 Å². The molecular weight excluding hydrogens is 453 g/mol. The second kappa shape index (κ2) is 10.4. The van der Waals surface area contributed by atoms with Crippen LogP contribution in [0.25, 0.3) is 0 Å². The predicted octanol–water partition coefficient (Wildman–Crippen LogP) is 2.42. The summed E-state index contributed by atoms with van der Waals surface area (Å²) in [5.74, 6) is 0.251. The number of nitriles is 1. The molecule has 1 amide bonds. The number of methoxy groups -OCH3 is 2. The number of benzene rings is 1. The first-order valence-electron chi connectivity index (χ1n) is 11.0. The summed E-state index contributed by atoms with van der Waals surface area (Å²) in [5, 5.41) is 16.3. The molecule has 1 saturated heterocycles. The number of aryl methyl sites for hydroxylation is 1. The quantitative estimate of drug-likeness (QED) is 0.551. The number of hydrogen-bond donors (Lipinski definition) is 1. The van der Waals surface area contributed by atoms with E-state index in [0.717, 1.165) is 5.56 Å². The topological polar surface area (TPSA) is 109 Å². The first-order chi connectivity index (χ1) is 16.9. The largest absolute Gasteiger partial charge is 0.493 e. The summed E-state index contributed by atoms with van der Waals surface area (Å²) in [5.41, 5.74) is 1.83. The zero-order valence-electron chi connectivity index (χ0n) is 19.8. The van der Waals surface area contributed by atoms with Crippen LogP contribution in [0.3, 0.4) is 0 Å². The highest BCUT2D eigenvalue weighted by molar-refractivity contribution is 6.07. The van der Waals surface area contributed by atoms with Gasteiger partial charge in [0.1, 0.15) is 11.6 Å². The van der Waals surface area contributed by atoms with E-state index >= 15 is 0 Å². The van der Waals surface area contributed by atoms with Crippen LogP contribution in [0.4, 0.5) is 15.9 Å². The van der Waals surface area contributed by atoms with Gasteiger partial charge in [0, 0.05) is 57.7 Å². The number of carbonyl (C=O) groups is 1. The first kappa shape index (κ1) is 24.0. The van der Waals surface area contributed by atoms with Gasteiger partial charge in [-0.2, -0.15) is 5.26 Å². The molecule has 35 heavy (non-hydrogen) atoms. The molecule has 0 spiro atoms. The fourth-order valence-electron chi connectivity index (χ4n) is 4.09. The lowest BCUT2D eigenvalue weighted by Crippen LogP contribution is -2.46. The molecule has 3 aromatic rings. The van der Waals surface area contributed by atoms with E-state index in [9.17, 15) is 14.4 Å². The smallest absolute Gasteiger partial charge is 0.262 e. The molecule has 0 bridgehead atoms. The number of anilines is 2. The molecule has 1 aromatic carbocycles. The van der Waals surface area contributed by atoms with Crippen molar-refractivity contribution in [2.24, 2.45) is 7.05 Å². The van der Waals surface area contributed by atoms with E-state index in [1.54, 1.807) is 25.4 Å².